The Morgan fingerprint density at radius 3 is 2.30 bits per heavy atom. The van der Waals surface area contributed by atoms with E-state index in [2.05, 4.69) is 25.8 Å². The second kappa shape index (κ2) is 5.38. The minimum absolute atomic E-state index is 0.269. The van der Waals surface area contributed by atoms with Gasteiger partial charge in [-0.1, -0.05) is 25.7 Å². The van der Waals surface area contributed by atoms with E-state index < -0.39 is 0 Å². The van der Waals surface area contributed by atoms with Gasteiger partial charge in [-0.25, -0.2) is 0 Å². The van der Waals surface area contributed by atoms with Crippen LogP contribution in [0.15, 0.2) is 0 Å². The van der Waals surface area contributed by atoms with Crippen LogP contribution in [0.4, 0.5) is 0 Å². The third-order valence-corrected chi connectivity index (χ3v) is 5.97. The standard InChI is InChI=1S/C18H27NO/c1-11-12(2)17(19-13(11)3)18(20)16-9-8-14-6-4-5-7-15(14)10-16/h14-16,19H,4-10H2,1-3H3. The molecule has 3 unspecified atom stereocenters. The van der Waals surface area contributed by atoms with E-state index in [0.717, 1.165) is 36.1 Å². The molecule has 3 atom stereocenters. The summed E-state index contributed by atoms with van der Waals surface area (Å²) in [5, 5.41) is 0. The van der Waals surface area contributed by atoms with Crippen LogP contribution in [0.2, 0.25) is 0 Å². The molecule has 0 radical (unpaired) electrons. The van der Waals surface area contributed by atoms with Gasteiger partial charge in [0.1, 0.15) is 0 Å². The van der Waals surface area contributed by atoms with Gasteiger partial charge in [-0.05, 0) is 63.0 Å². The lowest BCUT2D eigenvalue weighted by Gasteiger charge is -2.38. The molecule has 3 rings (SSSR count). The van der Waals surface area contributed by atoms with E-state index in [9.17, 15) is 4.79 Å². The van der Waals surface area contributed by atoms with Crippen molar-refractivity contribution in [3.8, 4) is 0 Å². The fourth-order valence-corrected chi connectivity index (χ4v) is 4.41. The highest BCUT2D eigenvalue weighted by Gasteiger charge is 2.36. The van der Waals surface area contributed by atoms with Crippen molar-refractivity contribution in [1.82, 2.24) is 4.98 Å². The maximum absolute atomic E-state index is 12.8. The zero-order valence-electron chi connectivity index (χ0n) is 13.1. The van der Waals surface area contributed by atoms with Gasteiger partial charge in [-0.3, -0.25) is 4.79 Å². The van der Waals surface area contributed by atoms with Crippen LogP contribution >= 0.6 is 0 Å². The van der Waals surface area contributed by atoms with Crippen molar-refractivity contribution in [2.75, 3.05) is 0 Å². The third-order valence-electron chi connectivity index (χ3n) is 5.97. The van der Waals surface area contributed by atoms with Crippen LogP contribution in [0.5, 0.6) is 0 Å². The Hall–Kier alpha value is -1.05. The summed E-state index contributed by atoms with van der Waals surface area (Å²) in [6, 6.07) is 0. The van der Waals surface area contributed by atoms with Crippen molar-refractivity contribution in [1.29, 1.82) is 0 Å². The first kappa shape index (κ1) is 13.9. The van der Waals surface area contributed by atoms with Crippen molar-refractivity contribution < 1.29 is 4.79 Å². The van der Waals surface area contributed by atoms with Gasteiger partial charge in [0.25, 0.3) is 0 Å². The number of carbonyl (C=O) groups is 1. The molecule has 2 nitrogen and oxygen atoms in total. The van der Waals surface area contributed by atoms with E-state index in [4.69, 9.17) is 0 Å². The highest BCUT2D eigenvalue weighted by atomic mass is 16.1. The molecule has 0 aliphatic heterocycles. The SMILES string of the molecule is Cc1[nH]c(C(=O)C2CCC3CCCCC3C2)c(C)c1C. The summed E-state index contributed by atoms with van der Waals surface area (Å²) in [7, 11) is 0. The van der Waals surface area contributed by atoms with Gasteiger partial charge in [0, 0.05) is 11.6 Å². The van der Waals surface area contributed by atoms with Crippen molar-refractivity contribution in [2.24, 2.45) is 17.8 Å². The molecule has 0 spiro atoms. The Bertz CT molecular complexity index is 514. The predicted molar refractivity (Wildman–Crippen MR) is 82.1 cm³/mol. The average Bonchev–Trinajstić information content (AvgIpc) is 2.73. The lowest BCUT2D eigenvalue weighted by molar-refractivity contribution is 0.0758. The van der Waals surface area contributed by atoms with Gasteiger partial charge in [-0.2, -0.15) is 0 Å². The summed E-state index contributed by atoms with van der Waals surface area (Å²) in [4.78, 5) is 16.2. The van der Waals surface area contributed by atoms with Gasteiger partial charge in [0.05, 0.1) is 5.69 Å². The van der Waals surface area contributed by atoms with Crippen LogP contribution in [-0.4, -0.2) is 10.8 Å². The summed E-state index contributed by atoms with van der Waals surface area (Å²) < 4.78 is 0. The van der Waals surface area contributed by atoms with E-state index in [0.29, 0.717) is 5.78 Å². The molecule has 0 amide bonds. The van der Waals surface area contributed by atoms with E-state index in [1.165, 1.54) is 43.2 Å². The lowest BCUT2D eigenvalue weighted by Crippen LogP contribution is -2.31. The molecular weight excluding hydrogens is 246 g/mol. The molecule has 1 N–H and O–H groups in total. The Morgan fingerprint density at radius 1 is 0.950 bits per heavy atom. The fourth-order valence-electron chi connectivity index (χ4n) is 4.41. The summed E-state index contributed by atoms with van der Waals surface area (Å²) in [6.45, 7) is 6.26. The number of aromatic amines is 1. The first-order valence-corrected chi connectivity index (χ1v) is 8.28. The van der Waals surface area contributed by atoms with Crippen LogP contribution in [0.1, 0.15) is 72.3 Å². The van der Waals surface area contributed by atoms with Gasteiger partial charge in [0.15, 0.2) is 5.78 Å². The zero-order chi connectivity index (χ0) is 14.3. The number of rotatable bonds is 2. The summed E-state index contributed by atoms with van der Waals surface area (Å²) in [6.07, 6.45) is 9.08. The van der Waals surface area contributed by atoms with Crippen LogP contribution in [0, 0.1) is 38.5 Å². The number of aromatic nitrogens is 1. The van der Waals surface area contributed by atoms with Crippen molar-refractivity contribution >= 4 is 5.78 Å². The van der Waals surface area contributed by atoms with Gasteiger partial charge >= 0.3 is 0 Å². The number of fused-ring (bicyclic) bond motifs is 1. The molecule has 110 valence electrons. The van der Waals surface area contributed by atoms with Gasteiger partial charge in [-0.15, -0.1) is 0 Å². The topological polar surface area (TPSA) is 32.9 Å². The van der Waals surface area contributed by atoms with Crippen molar-refractivity contribution in [2.45, 2.75) is 65.7 Å². The summed E-state index contributed by atoms with van der Waals surface area (Å²) in [5.41, 5.74) is 4.45. The van der Waals surface area contributed by atoms with Crippen molar-refractivity contribution in [3.63, 3.8) is 0 Å². The molecular formula is C18H27NO. The molecule has 1 aromatic rings. The summed E-state index contributed by atoms with van der Waals surface area (Å²) in [5.74, 6) is 2.39. The normalized spacial score (nSPS) is 30.1. The summed E-state index contributed by atoms with van der Waals surface area (Å²) >= 11 is 0. The molecule has 2 heteroatoms. The first-order valence-electron chi connectivity index (χ1n) is 8.28. The average molecular weight is 273 g/mol. The fraction of sp³-hybridized carbons (Fsp3) is 0.722. The second-order valence-corrected chi connectivity index (χ2v) is 7.05. The Labute approximate surface area is 122 Å². The molecule has 0 bridgehead atoms. The van der Waals surface area contributed by atoms with E-state index in [1.807, 2.05) is 0 Å². The van der Waals surface area contributed by atoms with Crippen LogP contribution in [-0.2, 0) is 0 Å². The zero-order valence-corrected chi connectivity index (χ0v) is 13.1. The van der Waals surface area contributed by atoms with E-state index in [-0.39, 0.29) is 5.92 Å². The molecule has 2 aliphatic carbocycles. The lowest BCUT2D eigenvalue weighted by atomic mass is 9.66. The van der Waals surface area contributed by atoms with Crippen molar-refractivity contribution in [3.05, 3.63) is 22.5 Å². The maximum Gasteiger partial charge on any atom is 0.182 e. The smallest absolute Gasteiger partial charge is 0.182 e. The molecule has 1 aromatic heterocycles. The Morgan fingerprint density at radius 2 is 1.65 bits per heavy atom. The van der Waals surface area contributed by atoms with E-state index >= 15 is 0 Å². The number of nitrogens with one attached hydrogen (secondary N) is 1. The molecule has 2 aliphatic rings. The number of ketones is 1. The number of Topliss-reactive ketones (excluding diaryl/α,β-unsaturated/α-hetero) is 1. The number of aryl methyl sites for hydroxylation is 1. The third kappa shape index (κ3) is 2.34. The molecule has 2 saturated carbocycles. The Balaban J connectivity index is 1.76. The largest absolute Gasteiger partial charge is 0.356 e. The van der Waals surface area contributed by atoms with Crippen LogP contribution in [0.3, 0.4) is 0 Å². The van der Waals surface area contributed by atoms with Gasteiger partial charge < -0.3 is 4.98 Å². The highest BCUT2D eigenvalue weighted by molar-refractivity contribution is 5.98. The molecule has 20 heavy (non-hydrogen) atoms. The highest BCUT2D eigenvalue weighted by Crippen LogP contribution is 2.43. The number of hydrogen-bond acceptors (Lipinski definition) is 1. The monoisotopic (exact) mass is 273 g/mol. The minimum atomic E-state index is 0.269. The minimum Gasteiger partial charge on any atom is -0.356 e. The maximum atomic E-state index is 12.8. The van der Waals surface area contributed by atoms with E-state index in [1.54, 1.807) is 0 Å². The number of H-pyrrole nitrogens is 1. The van der Waals surface area contributed by atoms with Crippen LogP contribution in [0.25, 0.3) is 0 Å². The molecule has 2 fully saturated rings. The Kier molecular flexibility index (Phi) is 3.74. The molecule has 0 saturated heterocycles. The second-order valence-electron chi connectivity index (χ2n) is 7.05. The van der Waals surface area contributed by atoms with Crippen LogP contribution < -0.4 is 0 Å². The first-order chi connectivity index (χ1) is 9.58. The molecule has 0 aromatic carbocycles. The van der Waals surface area contributed by atoms with Gasteiger partial charge in [0.2, 0.25) is 0 Å². The predicted octanol–water partition coefficient (Wildman–Crippen LogP) is 4.73. The molecule has 1 heterocycles. The number of carbonyl (C=O) groups excluding carboxylic acids is 1. The number of hydrogen-bond donors (Lipinski definition) is 1. The quantitative estimate of drug-likeness (QED) is 0.776.